The second-order valence-corrected chi connectivity index (χ2v) is 30.1. The highest BCUT2D eigenvalue weighted by atomic mass is 15.1. The molecule has 2 nitrogen and oxygen atoms in total. The number of fused-ring (bicyclic) bond motifs is 15. The van der Waals surface area contributed by atoms with Crippen LogP contribution < -0.4 is 16.4 Å². The predicted octanol–water partition coefficient (Wildman–Crippen LogP) is 18.7. The van der Waals surface area contributed by atoms with Gasteiger partial charge in [0.05, 0.1) is 22.1 Å². The molecule has 1 aliphatic carbocycles. The molecule has 82 heavy (non-hydrogen) atoms. The summed E-state index contributed by atoms with van der Waals surface area (Å²) in [6.07, 6.45) is 0. The number of hydrogen-bond donors (Lipinski definition) is 0. The lowest BCUT2D eigenvalue weighted by molar-refractivity contribution is 0.588. The van der Waals surface area contributed by atoms with E-state index in [0.29, 0.717) is 0 Å². The molecule has 0 bridgehead atoms. The highest BCUT2D eigenvalue weighted by molar-refractivity contribution is 7.00. The second kappa shape index (κ2) is 15.8. The fourth-order valence-corrected chi connectivity index (χ4v) is 15.7. The fourth-order valence-electron chi connectivity index (χ4n) is 15.7. The average Bonchev–Trinajstić information content (AvgIpc) is 1.41. The van der Waals surface area contributed by atoms with Gasteiger partial charge in [0, 0.05) is 43.8 Å². The number of rotatable bonds is 2. The molecule has 12 aromatic rings. The number of hydrogen-bond acceptors (Lipinski definition) is 0. The van der Waals surface area contributed by atoms with E-state index in [-0.39, 0.29) is 33.8 Å². The van der Waals surface area contributed by atoms with Crippen molar-refractivity contribution in [3.63, 3.8) is 0 Å². The number of benzene rings is 10. The summed E-state index contributed by atoms with van der Waals surface area (Å²) in [4.78, 5) is 0. The Bertz CT molecular complexity index is 4810. The van der Waals surface area contributed by atoms with Crippen LogP contribution in [0.4, 0.5) is 0 Å². The molecule has 0 saturated carbocycles. The van der Waals surface area contributed by atoms with E-state index >= 15 is 0 Å². The highest BCUT2D eigenvalue weighted by Crippen LogP contribution is 2.63. The first-order valence-corrected chi connectivity index (χ1v) is 30.2. The van der Waals surface area contributed by atoms with Crippen LogP contribution in [-0.2, 0) is 32.5 Å². The zero-order valence-electron chi connectivity index (χ0n) is 50.6. The third kappa shape index (κ3) is 6.38. The van der Waals surface area contributed by atoms with Crippen molar-refractivity contribution in [3.05, 3.63) is 220 Å². The molecule has 0 saturated heterocycles. The average molecular weight is 1060 g/mol. The van der Waals surface area contributed by atoms with Gasteiger partial charge in [0.2, 0.25) is 0 Å². The summed E-state index contributed by atoms with van der Waals surface area (Å²) in [5.41, 5.74) is 31.1. The summed E-state index contributed by atoms with van der Waals surface area (Å²) in [7, 11) is 0. The van der Waals surface area contributed by atoms with Gasteiger partial charge in [-0.1, -0.05) is 237 Å². The Balaban J connectivity index is 1.22. The minimum absolute atomic E-state index is 0.0167. The first kappa shape index (κ1) is 49.9. The Kier molecular flexibility index (Phi) is 9.62. The first-order valence-electron chi connectivity index (χ1n) is 30.2. The molecule has 0 unspecified atom stereocenters. The number of aromatic nitrogens is 2. The minimum Gasteiger partial charge on any atom is -0.310 e. The maximum atomic E-state index is 2.83. The second-order valence-electron chi connectivity index (χ2n) is 30.1. The largest absolute Gasteiger partial charge is 0.310 e. The smallest absolute Gasteiger partial charge is 0.252 e. The van der Waals surface area contributed by atoms with E-state index in [9.17, 15) is 0 Å². The molecule has 4 aliphatic rings. The lowest BCUT2D eigenvalue weighted by Crippen LogP contribution is -2.61. The van der Waals surface area contributed by atoms with Gasteiger partial charge in [-0.2, -0.15) is 0 Å². The van der Waals surface area contributed by atoms with Crippen LogP contribution in [0.1, 0.15) is 154 Å². The summed E-state index contributed by atoms with van der Waals surface area (Å²) in [5.74, 6) is 0. The molecule has 1 spiro atoms. The van der Waals surface area contributed by atoms with Crippen LogP contribution in [0.5, 0.6) is 0 Å². The lowest BCUT2D eigenvalue weighted by atomic mass is 9.33. The van der Waals surface area contributed by atoms with E-state index in [1.54, 1.807) is 0 Å². The Morgan fingerprint density at radius 1 is 0.329 bits per heavy atom. The molecule has 402 valence electrons. The summed E-state index contributed by atoms with van der Waals surface area (Å²) in [6, 6.07) is 68.5. The third-order valence-electron chi connectivity index (χ3n) is 20.0. The zero-order chi connectivity index (χ0) is 56.9. The molecule has 10 aromatic carbocycles. The topological polar surface area (TPSA) is 9.86 Å². The molecule has 3 aliphatic heterocycles. The van der Waals surface area contributed by atoms with Crippen LogP contribution in [0.15, 0.2) is 170 Å². The molecule has 0 radical (unpaired) electrons. The predicted molar refractivity (Wildman–Crippen MR) is 353 cm³/mol. The fraction of sp³-hybridized carbons (Fsp3) is 0.266. The normalized spacial score (nSPS) is 14.8. The Morgan fingerprint density at radius 3 is 1.43 bits per heavy atom. The van der Waals surface area contributed by atoms with Gasteiger partial charge in [-0.3, -0.25) is 0 Å². The molecule has 0 atom stereocenters. The molecular weight excluding hydrogens is 988 g/mol. The van der Waals surface area contributed by atoms with Crippen molar-refractivity contribution in [3.8, 4) is 44.8 Å². The van der Waals surface area contributed by atoms with Gasteiger partial charge in [-0.05, 0) is 169 Å². The Morgan fingerprint density at radius 2 is 0.829 bits per heavy atom. The third-order valence-corrected chi connectivity index (χ3v) is 20.0. The van der Waals surface area contributed by atoms with Gasteiger partial charge in [-0.15, -0.1) is 0 Å². The van der Waals surface area contributed by atoms with Crippen LogP contribution in [-0.4, -0.2) is 15.8 Å². The summed E-state index contributed by atoms with van der Waals surface area (Å²) < 4.78 is 5.61. The van der Waals surface area contributed by atoms with E-state index in [1.165, 1.54) is 166 Å². The molecular formula is C79H73BN2. The van der Waals surface area contributed by atoms with Gasteiger partial charge in [0.1, 0.15) is 0 Å². The van der Waals surface area contributed by atoms with Gasteiger partial charge in [-0.25, -0.2) is 0 Å². The highest BCUT2D eigenvalue weighted by Gasteiger charge is 2.55. The maximum absolute atomic E-state index is 2.83. The van der Waals surface area contributed by atoms with Crippen molar-refractivity contribution >= 4 is 77.5 Å². The zero-order valence-corrected chi connectivity index (χ0v) is 50.6. The molecule has 3 heteroatoms. The van der Waals surface area contributed by atoms with Crippen LogP contribution in [0.3, 0.4) is 0 Å². The van der Waals surface area contributed by atoms with Crippen LogP contribution in [0, 0.1) is 0 Å². The van der Waals surface area contributed by atoms with Gasteiger partial charge in [0.25, 0.3) is 6.71 Å². The van der Waals surface area contributed by atoms with E-state index in [0.717, 1.165) is 0 Å². The standard InChI is InChI=1S/C79H73BN2/c1-74(2,3)46-31-28-45(29-32-46)52-34-30-44-22-16-17-23-51(44)67(52)59-43-63-73-68-72(59)81-66-35-33-47(75(4,5)6)36-55(66)56-38-49(77(10,11)12)41-64(70(56)81)80(68)65-42-50(78(13,14)15)39-58-57-37-48(76(7,8)9)40-62(69(57)82(73)71(58)65)79(63)60-26-20-18-24-53(60)54-25-19-21-27-61(54)79/h16-43H,1-15H3. The summed E-state index contributed by atoms with van der Waals surface area (Å²) in [5, 5.41) is 7.90. The van der Waals surface area contributed by atoms with Crippen LogP contribution >= 0.6 is 0 Å². The van der Waals surface area contributed by atoms with E-state index in [2.05, 4.69) is 283 Å². The van der Waals surface area contributed by atoms with Crippen molar-refractivity contribution in [1.82, 2.24) is 9.13 Å². The van der Waals surface area contributed by atoms with Gasteiger partial charge in [0.15, 0.2) is 0 Å². The van der Waals surface area contributed by atoms with Gasteiger partial charge >= 0.3 is 0 Å². The lowest BCUT2D eigenvalue weighted by Gasteiger charge is -2.45. The summed E-state index contributed by atoms with van der Waals surface area (Å²) >= 11 is 0. The van der Waals surface area contributed by atoms with E-state index in [4.69, 9.17) is 0 Å². The first-order chi connectivity index (χ1) is 38.8. The van der Waals surface area contributed by atoms with Crippen molar-refractivity contribution < 1.29 is 0 Å². The van der Waals surface area contributed by atoms with Crippen molar-refractivity contribution in [2.24, 2.45) is 0 Å². The van der Waals surface area contributed by atoms with E-state index in [1.807, 2.05) is 0 Å². The van der Waals surface area contributed by atoms with Gasteiger partial charge < -0.3 is 9.13 Å². The molecule has 16 rings (SSSR count). The maximum Gasteiger partial charge on any atom is 0.252 e. The molecule has 5 heterocycles. The van der Waals surface area contributed by atoms with Crippen LogP contribution in [0.2, 0.25) is 0 Å². The van der Waals surface area contributed by atoms with Crippen molar-refractivity contribution in [1.29, 1.82) is 0 Å². The summed E-state index contributed by atoms with van der Waals surface area (Å²) in [6.45, 7) is 35.7. The molecule has 2 aromatic heterocycles. The molecule has 0 amide bonds. The monoisotopic (exact) mass is 1060 g/mol. The Labute approximate surface area is 484 Å². The number of nitrogens with zero attached hydrogens (tertiary/aromatic N) is 2. The SMILES string of the molecule is CC(C)(C)c1ccc(-c2ccc3ccccc3c2-c2cc3c4c5c2-n2c6ccc(C(C)(C)C)cc6c6cc(C(C)(C)C)cc(c62)B5c2cc(C(C)(C)C)cc5c6cc(C(C)(C)C)cc(c6n-4c25)C32c3ccccc3-c3ccccc32)cc1. The van der Waals surface area contributed by atoms with Crippen LogP contribution in [0.25, 0.3) is 99.1 Å². The van der Waals surface area contributed by atoms with Crippen molar-refractivity contribution in [2.45, 2.75) is 136 Å². The minimum atomic E-state index is -0.673. The Hall–Kier alpha value is -7.88. The molecule has 0 N–H and O–H groups in total. The molecule has 0 fully saturated rings. The van der Waals surface area contributed by atoms with E-state index < -0.39 is 5.41 Å². The quantitative estimate of drug-likeness (QED) is 0.153. The van der Waals surface area contributed by atoms with Crippen molar-refractivity contribution in [2.75, 3.05) is 0 Å².